The van der Waals surface area contributed by atoms with Crippen molar-refractivity contribution >= 4 is 11.8 Å². The predicted octanol–water partition coefficient (Wildman–Crippen LogP) is 3.08. The van der Waals surface area contributed by atoms with Crippen molar-refractivity contribution in [1.29, 1.82) is 0 Å². The molecule has 0 saturated heterocycles. The van der Waals surface area contributed by atoms with Gasteiger partial charge in [0, 0.05) is 17.5 Å². The van der Waals surface area contributed by atoms with Gasteiger partial charge in [-0.25, -0.2) is 4.79 Å². The third-order valence-corrected chi connectivity index (χ3v) is 3.54. The molecule has 0 radical (unpaired) electrons. The van der Waals surface area contributed by atoms with Crippen molar-refractivity contribution in [2.75, 3.05) is 0 Å². The van der Waals surface area contributed by atoms with Gasteiger partial charge in [-0.3, -0.25) is 4.79 Å². The average Bonchev–Trinajstić information content (AvgIpc) is 2.98. The first kappa shape index (κ1) is 11.7. The third kappa shape index (κ3) is 1.76. The first-order valence-electron chi connectivity index (χ1n) is 6.06. The number of carboxylic acid groups (broad SMARTS) is 1. The molecule has 1 N–H and O–H groups in total. The topological polar surface area (TPSA) is 67.5 Å². The van der Waals surface area contributed by atoms with Crippen molar-refractivity contribution in [3.8, 4) is 11.3 Å². The molecule has 0 unspecified atom stereocenters. The molecule has 1 heterocycles. The molecule has 1 aromatic carbocycles. The lowest BCUT2D eigenvalue weighted by Gasteiger charge is -2.07. The smallest absolute Gasteiger partial charge is 0.338 e. The monoisotopic (exact) mass is 256 g/mol. The maximum Gasteiger partial charge on any atom is 0.338 e. The molecule has 4 nitrogen and oxygen atoms in total. The lowest BCUT2D eigenvalue weighted by atomic mass is 9.97. The van der Waals surface area contributed by atoms with Crippen LogP contribution in [-0.2, 0) is 6.42 Å². The van der Waals surface area contributed by atoms with E-state index in [-0.39, 0.29) is 11.3 Å². The second-order valence-corrected chi connectivity index (χ2v) is 4.71. The molecule has 1 aromatic heterocycles. The van der Waals surface area contributed by atoms with Gasteiger partial charge in [-0.05, 0) is 30.5 Å². The Morgan fingerprint density at radius 1 is 1.32 bits per heavy atom. The van der Waals surface area contributed by atoms with Gasteiger partial charge in [-0.2, -0.15) is 0 Å². The lowest BCUT2D eigenvalue weighted by molar-refractivity contribution is 0.0696. The summed E-state index contributed by atoms with van der Waals surface area (Å²) in [4.78, 5) is 22.9. The van der Waals surface area contributed by atoms with Gasteiger partial charge in [-0.1, -0.05) is 12.1 Å². The molecular weight excluding hydrogens is 244 g/mol. The highest BCUT2D eigenvalue weighted by Crippen LogP contribution is 2.35. The predicted molar refractivity (Wildman–Crippen MR) is 68.5 cm³/mol. The van der Waals surface area contributed by atoms with E-state index in [4.69, 9.17) is 9.52 Å². The Bertz CT molecular complexity index is 694. The summed E-state index contributed by atoms with van der Waals surface area (Å²) in [5.74, 6) is -0.504. The Kier molecular flexibility index (Phi) is 2.52. The van der Waals surface area contributed by atoms with E-state index in [0.717, 1.165) is 17.5 Å². The molecule has 0 aliphatic heterocycles. The zero-order valence-electron chi connectivity index (χ0n) is 10.4. The normalized spacial score (nSPS) is 13.6. The van der Waals surface area contributed by atoms with Crippen LogP contribution in [0.3, 0.4) is 0 Å². The van der Waals surface area contributed by atoms with Crippen LogP contribution in [0.25, 0.3) is 11.3 Å². The van der Waals surface area contributed by atoms with Crippen LogP contribution in [0, 0.1) is 6.92 Å². The first-order valence-corrected chi connectivity index (χ1v) is 6.06. The third-order valence-electron chi connectivity index (χ3n) is 3.54. The van der Waals surface area contributed by atoms with Crippen LogP contribution in [0.1, 0.15) is 38.3 Å². The van der Waals surface area contributed by atoms with Gasteiger partial charge >= 0.3 is 5.97 Å². The molecule has 0 saturated carbocycles. The van der Waals surface area contributed by atoms with Gasteiger partial charge in [0.25, 0.3) is 0 Å². The van der Waals surface area contributed by atoms with Gasteiger partial charge in [-0.15, -0.1) is 0 Å². The van der Waals surface area contributed by atoms with E-state index in [1.807, 2.05) is 19.1 Å². The minimum atomic E-state index is -1.04. The van der Waals surface area contributed by atoms with Gasteiger partial charge in [0.05, 0.1) is 5.56 Å². The zero-order chi connectivity index (χ0) is 13.6. The quantitative estimate of drug-likeness (QED) is 0.896. The van der Waals surface area contributed by atoms with Crippen LogP contribution in [0.2, 0.25) is 0 Å². The van der Waals surface area contributed by atoms with Crippen molar-refractivity contribution < 1.29 is 19.1 Å². The molecule has 4 heteroatoms. The van der Waals surface area contributed by atoms with Crippen LogP contribution >= 0.6 is 0 Å². The summed E-state index contributed by atoms with van der Waals surface area (Å²) in [7, 11) is 0. The van der Waals surface area contributed by atoms with Crippen molar-refractivity contribution in [3.63, 3.8) is 0 Å². The van der Waals surface area contributed by atoms with Crippen molar-refractivity contribution in [2.24, 2.45) is 0 Å². The largest absolute Gasteiger partial charge is 0.478 e. The highest BCUT2D eigenvalue weighted by atomic mass is 16.4. The van der Waals surface area contributed by atoms with E-state index < -0.39 is 5.97 Å². The SMILES string of the molecule is Cc1ccc(-c2cc(C(=O)O)co2)c2c1CCC2=O. The molecule has 96 valence electrons. The van der Waals surface area contributed by atoms with E-state index in [1.165, 1.54) is 12.3 Å². The minimum Gasteiger partial charge on any atom is -0.478 e. The number of Topliss-reactive ketones (excluding diaryl/α,β-unsaturated/α-hetero) is 1. The summed E-state index contributed by atoms with van der Waals surface area (Å²) in [5.41, 5.74) is 3.61. The fourth-order valence-electron chi connectivity index (χ4n) is 2.55. The maximum atomic E-state index is 12.0. The zero-order valence-corrected chi connectivity index (χ0v) is 10.4. The highest BCUT2D eigenvalue weighted by molar-refractivity contribution is 6.06. The van der Waals surface area contributed by atoms with Crippen molar-refractivity contribution in [1.82, 2.24) is 0 Å². The lowest BCUT2D eigenvalue weighted by Crippen LogP contribution is -1.97. The Morgan fingerprint density at radius 3 is 2.79 bits per heavy atom. The highest BCUT2D eigenvalue weighted by Gasteiger charge is 2.26. The van der Waals surface area contributed by atoms with Gasteiger partial charge in [0.15, 0.2) is 5.78 Å². The Balaban J connectivity index is 2.18. The van der Waals surface area contributed by atoms with Crippen LogP contribution in [-0.4, -0.2) is 16.9 Å². The number of hydrogen-bond acceptors (Lipinski definition) is 3. The van der Waals surface area contributed by atoms with E-state index in [1.54, 1.807) is 0 Å². The summed E-state index contributed by atoms with van der Waals surface area (Å²) < 4.78 is 5.29. The van der Waals surface area contributed by atoms with E-state index in [0.29, 0.717) is 23.3 Å². The van der Waals surface area contributed by atoms with Gasteiger partial charge < -0.3 is 9.52 Å². The Labute approximate surface area is 109 Å². The van der Waals surface area contributed by atoms with Gasteiger partial charge in [0.2, 0.25) is 0 Å². The molecule has 0 amide bonds. The summed E-state index contributed by atoms with van der Waals surface area (Å²) in [6.07, 6.45) is 2.46. The second-order valence-electron chi connectivity index (χ2n) is 4.71. The fourth-order valence-corrected chi connectivity index (χ4v) is 2.55. The number of carbonyl (C=O) groups excluding carboxylic acids is 1. The number of rotatable bonds is 2. The molecule has 1 aliphatic carbocycles. The van der Waals surface area contributed by atoms with Crippen LogP contribution in [0.4, 0.5) is 0 Å². The maximum absolute atomic E-state index is 12.0. The number of aryl methyl sites for hydroxylation is 1. The number of furan rings is 1. The van der Waals surface area contributed by atoms with Crippen LogP contribution in [0.15, 0.2) is 28.9 Å². The number of aromatic carboxylic acids is 1. The molecule has 0 spiro atoms. The van der Waals surface area contributed by atoms with E-state index in [2.05, 4.69) is 0 Å². The molecular formula is C15H12O4. The van der Waals surface area contributed by atoms with E-state index in [9.17, 15) is 9.59 Å². The second kappa shape index (κ2) is 4.09. The van der Waals surface area contributed by atoms with Crippen molar-refractivity contribution in [2.45, 2.75) is 19.8 Å². The van der Waals surface area contributed by atoms with E-state index >= 15 is 0 Å². The molecule has 0 fully saturated rings. The summed E-state index contributed by atoms with van der Waals surface area (Å²) >= 11 is 0. The van der Waals surface area contributed by atoms with Gasteiger partial charge in [0.1, 0.15) is 12.0 Å². The number of fused-ring (bicyclic) bond motifs is 1. The summed E-state index contributed by atoms with van der Waals surface area (Å²) in [5, 5.41) is 8.91. The Morgan fingerprint density at radius 2 is 2.11 bits per heavy atom. The number of ketones is 1. The molecule has 2 aromatic rings. The molecule has 1 aliphatic rings. The number of carboxylic acids is 1. The molecule has 3 rings (SSSR count). The standard InChI is InChI=1S/C15H12O4/c1-8-2-3-11(14-10(8)4-5-12(14)16)13-6-9(7-19-13)15(17)18/h2-3,6-7H,4-5H2,1H3,(H,17,18). The molecule has 19 heavy (non-hydrogen) atoms. The average molecular weight is 256 g/mol. The number of hydrogen-bond donors (Lipinski definition) is 1. The Hall–Kier alpha value is -2.36. The minimum absolute atomic E-state index is 0.0924. The van der Waals surface area contributed by atoms with Crippen molar-refractivity contribution in [3.05, 3.63) is 46.7 Å². The molecule has 0 atom stereocenters. The first-order chi connectivity index (χ1) is 9.08. The summed E-state index contributed by atoms with van der Waals surface area (Å²) in [6, 6.07) is 5.22. The fraction of sp³-hybridized carbons (Fsp3) is 0.200. The van der Waals surface area contributed by atoms with Crippen LogP contribution < -0.4 is 0 Å². The van der Waals surface area contributed by atoms with Crippen LogP contribution in [0.5, 0.6) is 0 Å². The molecule has 0 bridgehead atoms. The number of benzene rings is 1. The summed E-state index contributed by atoms with van der Waals surface area (Å²) in [6.45, 7) is 1.98. The number of carbonyl (C=O) groups is 2.